The maximum absolute atomic E-state index is 12.9. The molecule has 2 aromatic heterocycles. The molecule has 3 heterocycles. The summed E-state index contributed by atoms with van der Waals surface area (Å²) in [7, 11) is 0. The van der Waals surface area contributed by atoms with Gasteiger partial charge in [0, 0.05) is 43.9 Å². The minimum atomic E-state index is 0.132. The van der Waals surface area contributed by atoms with Crippen molar-refractivity contribution in [3.8, 4) is 11.3 Å². The van der Waals surface area contributed by atoms with Gasteiger partial charge >= 0.3 is 0 Å². The number of aromatic nitrogens is 4. The van der Waals surface area contributed by atoms with Crippen LogP contribution in [0, 0.1) is 5.92 Å². The Kier molecular flexibility index (Phi) is 7.16. The average molecular weight is 475 g/mol. The highest BCUT2D eigenvalue weighted by Gasteiger charge is 2.27. The molecule has 0 unspecified atom stereocenters. The molecule has 3 aromatic rings. The second-order valence-electron chi connectivity index (χ2n) is 8.14. The molecule has 1 amide bonds. The Balaban J connectivity index is 1.50. The molecule has 0 saturated carbocycles. The Bertz CT molecular complexity index is 1090. The number of unbranched alkanes of at least 4 members (excludes halogenated alkanes) is 1. The van der Waals surface area contributed by atoms with Crippen LogP contribution in [0.4, 0.5) is 5.95 Å². The van der Waals surface area contributed by atoms with E-state index in [9.17, 15) is 4.79 Å². The third-order valence-corrected chi connectivity index (χ3v) is 6.81. The van der Waals surface area contributed by atoms with Crippen LogP contribution in [0.1, 0.15) is 39.5 Å². The van der Waals surface area contributed by atoms with Crippen molar-refractivity contribution in [2.45, 2.75) is 39.5 Å². The van der Waals surface area contributed by atoms with E-state index < -0.39 is 0 Å². The van der Waals surface area contributed by atoms with Crippen LogP contribution in [0.25, 0.3) is 17.0 Å². The van der Waals surface area contributed by atoms with Gasteiger partial charge in [-0.2, -0.15) is 9.50 Å². The number of carbonyl (C=O) groups excluding carboxylic acids is 1. The number of hydrogen-bond donors (Lipinski definition) is 0. The summed E-state index contributed by atoms with van der Waals surface area (Å²) in [6.45, 7) is 7.05. The van der Waals surface area contributed by atoms with E-state index in [1.165, 1.54) is 0 Å². The Labute approximate surface area is 198 Å². The van der Waals surface area contributed by atoms with Gasteiger partial charge in [-0.15, -0.1) is 5.10 Å². The van der Waals surface area contributed by atoms with E-state index >= 15 is 0 Å². The smallest absolute Gasteiger partial charge is 0.254 e. The summed E-state index contributed by atoms with van der Waals surface area (Å²) >= 11 is 12.3. The number of hydrogen-bond acceptors (Lipinski definition) is 5. The molecule has 1 fully saturated rings. The zero-order chi connectivity index (χ0) is 22.7. The number of rotatable bonds is 7. The van der Waals surface area contributed by atoms with Crippen LogP contribution in [0.5, 0.6) is 0 Å². The van der Waals surface area contributed by atoms with E-state index in [-0.39, 0.29) is 11.8 Å². The topological polar surface area (TPSA) is 66.6 Å². The lowest BCUT2D eigenvalue weighted by Gasteiger charge is -2.35. The molecular weight excluding hydrogens is 447 g/mol. The molecule has 1 aliphatic heterocycles. The molecule has 0 spiro atoms. The molecule has 0 aliphatic carbocycles. The number of anilines is 1. The summed E-state index contributed by atoms with van der Waals surface area (Å²) in [5.74, 6) is 1.56. The number of halogens is 2. The molecule has 1 atom stereocenters. The van der Waals surface area contributed by atoms with Crippen LogP contribution >= 0.6 is 23.2 Å². The van der Waals surface area contributed by atoms with Crippen LogP contribution in [0.15, 0.2) is 30.5 Å². The van der Waals surface area contributed by atoms with Crippen LogP contribution in [-0.2, 0) is 4.79 Å². The molecule has 170 valence electrons. The summed E-state index contributed by atoms with van der Waals surface area (Å²) in [4.78, 5) is 26.0. The molecular formula is C23H28Cl2N6O. The number of piperazine rings is 1. The lowest BCUT2D eigenvalue weighted by atomic mass is 9.97. The summed E-state index contributed by atoms with van der Waals surface area (Å²) in [5.41, 5.74) is 1.72. The number of fused-ring (bicyclic) bond motifs is 1. The van der Waals surface area contributed by atoms with E-state index in [2.05, 4.69) is 28.7 Å². The molecule has 0 N–H and O–H groups in total. The number of carbonyl (C=O) groups is 1. The highest BCUT2D eigenvalue weighted by Crippen LogP contribution is 2.29. The number of amides is 1. The summed E-state index contributed by atoms with van der Waals surface area (Å²) in [5, 5.41) is 5.71. The van der Waals surface area contributed by atoms with Gasteiger partial charge in [-0.1, -0.05) is 56.0 Å². The molecule has 1 aliphatic rings. The highest BCUT2D eigenvalue weighted by atomic mass is 35.5. The standard InChI is InChI=1S/C23H28Cl2N6O/c1-3-5-6-16(4-2)21(32)29-11-13-30(14-12-29)23-27-22-26-10-9-20(31(22)28-23)17-7-8-18(24)19(25)15-17/h7-10,15-16H,3-6,11-14H2,1-2H3/t16-/m0/s1. The fourth-order valence-corrected chi connectivity index (χ4v) is 4.43. The zero-order valence-corrected chi connectivity index (χ0v) is 20.0. The van der Waals surface area contributed by atoms with Gasteiger partial charge in [0.2, 0.25) is 11.9 Å². The van der Waals surface area contributed by atoms with E-state index in [0.29, 0.717) is 48.0 Å². The first-order chi connectivity index (χ1) is 15.5. The third kappa shape index (κ3) is 4.69. The lowest BCUT2D eigenvalue weighted by molar-refractivity contribution is -0.136. The van der Waals surface area contributed by atoms with Crippen molar-refractivity contribution in [1.82, 2.24) is 24.5 Å². The molecule has 9 heteroatoms. The van der Waals surface area contributed by atoms with E-state index in [1.54, 1.807) is 16.8 Å². The molecule has 4 rings (SSSR count). The second kappa shape index (κ2) is 10.0. The monoisotopic (exact) mass is 474 g/mol. The Morgan fingerprint density at radius 1 is 1.09 bits per heavy atom. The number of nitrogens with zero attached hydrogens (tertiary/aromatic N) is 6. The van der Waals surface area contributed by atoms with E-state index in [0.717, 1.165) is 36.9 Å². The van der Waals surface area contributed by atoms with Crippen molar-refractivity contribution in [1.29, 1.82) is 0 Å². The first-order valence-corrected chi connectivity index (χ1v) is 12.0. The Hall–Kier alpha value is -2.38. The largest absolute Gasteiger partial charge is 0.339 e. The maximum Gasteiger partial charge on any atom is 0.254 e. The van der Waals surface area contributed by atoms with Crippen molar-refractivity contribution in [2.75, 3.05) is 31.1 Å². The summed E-state index contributed by atoms with van der Waals surface area (Å²) < 4.78 is 1.73. The molecule has 32 heavy (non-hydrogen) atoms. The fourth-order valence-electron chi connectivity index (χ4n) is 4.13. The molecule has 7 nitrogen and oxygen atoms in total. The van der Waals surface area contributed by atoms with Gasteiger partial charge in [0.1, 0.15) is 0 Å². The molecule has 1 saturated heterocycles. The Morgan fingerprint density at radius 3 is 2.56 bits per heavy atom. The first kappa shape index (κ1) is 22.8. The van der Waals surface area contributed by atoms with Gasteiger partial charge < -0.3 is 9.80 Å². The van der Waals surface area contributed by atoms with Gasteiger partial charge in [-0.3, -0.25) is 4.79 Å². The zero-order valence-electron chi connectivity index (χ0n) is 18.5. The van der Waals surface area contributed by atoms with Crippen molar-refractivity contribution in [2.24, 2.45) is 5.92 Å². The van der Waals surface area contributed by atoms with Crippen LogP contribution in [0.2, 0.25) is 10.0 Å². The van der Waals surface area contributed by atoms with Gasteiger partial charge in [0.15, 0.2) is 0 Å². The van der Waals surface area contributed by atoms with Crippen molar-refractivity contribution >= 4 is 40.8 Å². The SMILES string of the molecule is CCCC[C@H](CC)C(=O)N1CCN(c2nc3nccc(-c4ccc(Cl)c(Cl)c4)n3n2)CC1. The minimum absolute atomic E-state index is 0.132. The lowest BCUT2D eigenvalue weighted by Crippen LogP contribution is -2.50. The summed E-state index contributed by atoms with van der Waals surface area (Å²) in [6.07, 6.45) is 5.81. The molecule has 0 bridgehead atoms. The quantitative estimate of drug-likeness (QED) is 0.483. The second-order valence-corrected chi connectivity index (χ2v) is 8.96. The van der Waals surface area contributed by atoms with Crippen molar-refractivity contribution in [3.05, 3.63) is 40.5 Å². The van der Waals surface area contributed by atoms with Crippen LogP contribution in [-0.4, -0.2) is 56.6 Å². The number of benzene rings is 1. The normalized spacial score (nSPS) is 15.4. The first-order valence-electron chi connectivity index (χ1n) is 11.2. The van der Waals surface area contributed by atoms with Gasteiger partial charge in [-0.25, -0.2) is 4.98 Å². The fraction of sp³-hybridized carbons (Fsp3) is 0.478. The third-order valence-electron chi connectivity index (χ3n) is 6.07. The minimum Gasteiger partial charge on any atom is -0.339 e. The predicted octanol–water partition coefficient (Wildman–Crippen LogP) is 4.96. The summed E-state index contributed by atoms with van der Waals surface area (Å²) in [6, 6.07) is 7.36. The van der Waals surface area contributed by atoms with Gasteiger partial charge in [-0.05, 0) is 31.0 Å². The predicted molar refractivity (Wildman–Crippen MR) is 128 cm³/mol. The van der Waals surface area contributed by atoms with Crippen molar-refractivity contribution < 1.29 is 4.79 Å². The average Bonchev–Trinajstić information content (AvgIpc) is 3.26. The van der Waals surface area contributed by atoms with E-state index in [4.69, 9.17) is 28.3 Å². The molecule has 0 radical (unpaired) electrons. The highest BCUT2D eigenvalue weighted by molar-refractivity contribution is 6.42. The van der Waals surface area contributed by atoms with Crippen LogP contribution < -0.4 is 4.90 Å². The Morgan fingerprint density at radius 2 is 1.88 bits per heavy atom. The maximum atomic E-state index is 12.9. The van der Waals surface area contributed by atoms with E-state index in [1.807, 2.05) is 23.1 Å². The van der Waals surface area contributed by atoms with Gasteiger partial charge in [0.25, 0.3) is 5.78 Å². The molecule has 1 aromatic carbocycles. The van der Waals surface area contributed by atoms with Crippen molar-refractivity contribution in [3.63, 3.8) is 0 Å². The van der Waals surface area contributed by atoms with Gasteiger partial charge in [0.05, 0.1) is 15.7 Å². The van der Waals surface area contributed by atoms with Crippen LogP contribution in [0.3, 0.4) is 0 Å².